The molecule has 1 heterocycles. The van der Waals surface area contributed by atoms with Crippen molar-refractivity contribution in [1.29, 1.82) is 0 Å². The lowest BCUT2D eigenvalue weighted by Gasteiger charge is -2.37. The van der Waals surface area contributed by atoms with Crippen LogP contribution in [0, 0.1) is 5.92 Å². The third kappa shape index (κ3) is 2.47. The second-order valence-corrected chi connectivity index (χ2v) is 4.71. The Balaban J connectivity index is 1.82. The van der Waals surface area contributed by atoms with E-state index in [1.165, 1.54) is 0 Å². The van der Waals surface area contributed by atoms with E-state index in [0.717, 1.165) is 25.7 Å². The summed E-state index contributed by atoms with van der Waals surface area (Å²) in [7, 11) is 0. The number of amides is 1. The zero-order valence-electron chi connectivity index (χ0n) is 9.57. The highest BCUT2D eigenvalue weighted by Gasteiger charge is 2.41. The van der Waals surface area contributed by atoms with Crippen LogP contribution in [-0.4, -0.2) is 36.2 Å². The van der Waals surface area contributed by atoms with E-state index in [1.54, 1.807) is 0 Å². The predicted molar refractivity (Wildman–Crippen MR) is 57.2 cm³/mol. The van der Waals surface area contributed by atoms with Gasteiger partial charge < -0.3 is 19.9 Å². The number of hydrogen-bond acceptors (Lipinski definition) is 3. The Bertz CT molecular complexity index is 255. The van der Waals surface area contributed by atoms with Gasteiger partial charge in [-0.3, -0.25) is 0 Å². The fraction of sp³-hybridized carbons (Fsp3) is 0.909. The van der Waals surface area contributed by atoms with Crippen molar-refractivity contribution in [2.75, 3.05) is 13.2 Å². The monoisotopic (exact) mass is 229 g/mol. The molecule has 0 spiro atoms. The maximum absolute atomic E-state index is 10.5. The predicted octanol–water partition coefficient (Wildman–Crippen LogP) is 1.58. The van der Waals surface area contributed by atoms with E-state index in [9.17, 15) is 4.79 Å². The van der Waals surface area contributed by atoms with E-state index < -0.39 is 11.9 Å². The van der Waals surface area contributed by atoms with Gasteiger partial charge in [-0.15, -0.1) is 0 Å². The lowest BCUT2D eigenvalue weighted by molar-refractivity contribution is -0.188. The Hall–Kier alpha value is -0.810. The average Bonchev–Trinajstić information content (AvgIpc) is 2.66. The van der Waals surface area contributed by atoms with Gasteiger partial charge >= 0.3 is 6.09 Å². The van der Waals surface area contributed by atoms with Crippen molar-refractivity contribution in [2.24, 2.45) is 5.92 Å². The highest BCUT2D eigenvalue weighted by Crippen LogP contribution is 2.37. The Kier molecular flexibility index (Phi) is 3.35. The van der Waals surface area contributed by atoms with Crippen LogP contribution in [0.2, 0.25) is 0 Å². The summed E-state index contributed by atoms with van der Waals surface area (Å²) in [6.07, 6.45) is 2.74. The minimum absolute atomic E-state index is 0.0961. The van der Waals surface area contributed by atoms with E-state index in [4.69, 9.17) is 14.6 Å². The molecule has 5 nitrogen and oxygen atoms in total. The lowest BCUT2D eigenvalue weighted by Crippen LogP contribution is -2.43. The van der Waals surface area contributed by atoms with Crippen molar-refractivity contribution in [3.05, 3.63) is 0 Å². The van der Waals surface area contributed by atoms with Gasteiger partial charge in [0.05, 0.1) is 13.2 Å². The molecule has 92 valence electrons. The Morgan fingerprint density at radius 2 is 1.81 bits per heavy atom. The van der Waals surface area contributed by atoms with Crippen molar-refractivity contribution in [3.63, 3.8) is 0 Å². The number of carboxylic acid groups (broad SMARTS) is 1. The first-order valence-corrected chi connectivity index (χ1v) is 5.87. The minimum Gasteiger partial charge on any atom is -0.465 e. The van der Waals surface area contributed by atoms with E-state index in [2.05, 4.69) is 5.32 Å². The van der Waals surface area contributed by atoms with Crippen molar-refractivity contribution in [2.45, 2.75) is 44.4 Å². The zero-order chi connectivity index (χ0) is 11.6. The van der Waals surface area contributed by atoms with E-state index in [-0.39, 0.29) is 6.04 Å². The molecule has 16 heavy (non-hydrogen) atoms. The van der Waals surface area contributed by atoms with Gasteiger partial charge in [0.1, 0.15) is 0 Å². The standard InChI is InChI=1S/C11H19NO4/c1-11(15-6-7-16-11)8-2-4-9(5-3-8)12-10(13)14/h8-9,12H,2-7H2,1H3,(H,13,14). The molecular weight excluding hydrogens is 210 g/mol. The number of nitrogens with one attached hydrogen (secondary N) is 1. The Morgan fingerprint density at radius 1 is 1.25 bits per heavy atom. The molecule has 2 N–H and O–H groups in total. The van der Waals surface area contributed by atoms with Gasteiger partial charge in [-0.05, 0) is 32.6 Å². The molecule has 1 amide bonds. The van der Waals surface area contributed by atoms with Crippen LogP contribution in [0.1, 0.15) is 32.6 Å². The van der Waals surface area contributed by atoms with Crippen molar-refractivity contribution < 1.29 is 19.4 Å². The molecule has 0 unspecified atom stereocenters. The first-order chi connectivity index (χ1) is 7.60. The van der Waals surface area contributed by atoms with Crippen molar-refractivity contribution in [1.82, 2.24) is 5.32 Å². The molecule has 2 fully saturated rings. The van der Waals surface area contributed by atoms with Gasteiger partial charge in [-0.1, -0.05) is 0 Å². The van der Waals surface area contributed by atoms with E-state index >= 15 is 0 Å². The Morgan fingerprint density at radius 3 is 2.31 bits per heavy atom. The fourth-order valence-corrected chi connectivity index (χ4v) is 2.70. The van der Waals surface area contributed by atoms with Crippen LogP contribution in [0.25, 0.3) is 0 Å². The molecule has 0 aromatic rings. The molecule has 0 aromatic heterocycles. The zero-order valence-corrected chi connectivity index (χ0v) is 9.57. The number of carbonyl (C=O) groups is 1. The molecule has 2 aliphatic rings. The molecule has 1 saturated carbocycles. The molecule has 1 aliphatic heterocycles. The highest BCUT2D eigenvalue weighted by atomic mass is 16.7. The Labute approximate surface area is 95.1 Å². The lowest BCUT2D eigenvalue weighted by atomic mass is 9.81. The van der Waals surface area contributed by atoms with Crippen molar-refractivity contribution in [3.8, 4) is 0 Å². The summed E-state index contributed by atoms with van der Waals surface area (Å²) in [6, 6.07) is 0.0961. The summed E-state index contributed by atoms with van der Waals surface area (Å²) in [5, 5.41) is 11.2. The molecule has 0 radical (unpaired) electrons. The third-order valence-corrected chi connectivity index (χ3v) is 3.66. The molecule has 0 bridgehead atoms. The first-order valence-electron chi connectivity index (χ1n) is 5.87. The van der Waals surface area contributed by atoms with Gasteiger partial charge in [0.15, 0.2) is 5.79 Å². The van der Waals surface area contributed by atoms with E-state index in [1.807, 2.05) is 6.92 Å². The molecule has 5 heteroatoms. The van der Waals surface area contributed by atoms with Crippen LogP contribution in [0.4, 0.5) is 4.79 Å². The van der Waals surface area contributed by atoms with E-state index in [0.29, 0.717) is 19.1 Å². The summed E-state index contributed by atoms with van der Waals surface area (Å²) in [4.78, 5) is 10.5. The van der Waals surface area contributed by atoms with Crippen LogP contribution in [0.3, 0.4) is 0 Å². The molecule has 2 rings (SSSR count). The van der Waals surface area contributed by atoms with Crippen LogP contribution in [0.15, 0.2) is 0 Å². The topological polar surface area (TPSA) is 67.8 Å². The maximum Gasteiger partial charge on any atom is 0.404 e. The van der Waals surface area contributed by atoms with Gasteiger partial charge in [0, 0.05) is 12.0 Å². The third-order valence-electron chi connectivity index (χ3n) is 3.66. The summed E-state index contributed by atoms with van der Waals surface area (Å²) < 4.78 is 11.3. The summed E-state index contributed by atoms with van der Waals surface area (Å²) in [5.74, 6) is -0.0457. The first kappa shape index (κ1) is 11.7. The van der Waals surface area contributed by atoms with Gasteiger partial charge in [0.25, 0.3) is 0 Å². The summed E-state index contributed by atoms with van der Waals surface area (Å²) >= 11 is 0. The molecule has 1 saturated heterocycles. The summed E-state index contributed by atoms with van der Waals surface area (Å²) in [5.41, 5.74) is 0. The van der Waals surface area contributed by atoms with Gasteiger partial charge in [0.2, 0.25) is 0 Å². The fourth-order valence-electron chi connectivity index (χ4n) is 2.70. The number of ether oxygens (including phenoxy) is 2. The minimum atomic E-state index is -0.928. The second kappa shape index (κ2) is 4.59. The van der Waals surface area contributed by atoms with Gasteiger partial charge in [-0.25, -0.2) is 4.79 Å². The molecule has 0 aromatic carbocycles. The van der Waals surface area contributed by atoms with Crippen molar-refractivity contribution >= 4 is 6.09 Å². The molecule has 1 aliphatic carbocycles. The SMILES string of the molecule is CC1(C2CCC(NC(=O)O)CC2)OCCO1. The highest BCUT2D eigenvalue weighted by molar-refractivity contribution is 5.64. The second-order valence-electron chi connectivity index (χ2n) is 4.71. The van der Waals surface area contributed by atoms with Crippen LogP contribution < -0.4 is 5.32 Å². The number of rotatable bonds is 2. The normalized spacial score (nSPS) is 33.6. The quantitative estimate of drug-likeness (QED) is 0.754. The summed E-state index contributed by atoms with van der Waals surface area (Å²) in [6.45, 7) is 3.34. The van der Waals surface area contributed by atoms with Crippen LogP contribution in [0.5, 0.6) is 0 Å². The maximum atomic E-state index is 10.5. The van der Waals surface area contributed by atoms with Crippen LogP contribution in [-0.2, 0) is 9.47 Å². The van der Waals surface area contributed by atoms with Gasteiger partial charge in [-0.2, -0.15) is 0 Å². The molecular formula is C11H19NO4. The molecule has 0 atom stereocenters. The smallest absolute Gasteiger partial charge is 0.404 e. The number of hydrogen-bond donors (Lipinski definition) is 2. The van der Waals surface area contributed by atoms with Crippen LogP contribution >= 0.6 is 0 Å². The average molecular weight is 229 g/mol. The largest absolute Gasteiger partial charge is 0.465 e.